The number of carboxylic acids is 1. The van der Waals surface area contributed by atoms with E-state index < -0.39 is 11.9 Å². The van der Waals surface area contributed by atoms with Gasteiger partial charge in [-0.1, -0.05) is 12.8 Å². The van der Waals surface area contributed by atoms with Crippen LogP contribution in [0.2, 0.25) is 0 Å². The number of nitrogens with one attached hydrogen (secondary N) is 1. The summed E-state index contributed by atoms with van der Waals surface area (Å²) in [5.74, 6) is -0.592. The fourth-order valence-electron chi connectivity index (χ4n) is 3.24. The van der Waals surface area contributed by atoms with Gasteiger partial charge >= 0.3 is 5.97 Å². The Hall–Kier alpha value is -2.51. The molecule has 8 heteroatoms. The van der Waals surface area contributed by atoms with Crippen LogP contribution in [0, 0.1) is 5.92 Å². The van der Waals surface area contributed by atoms with Crippen LogP contribution in [0.25, 0.3) is 16.8 Å². The minimum absolute atomic E-state index is 0.117. The van der Waals surface area contributed by atoms with Crippen molar-refractivity contribution in [1.29, 1.82) is 0 Å². The molecular weight excluding hydrogens is 272 g/mol. The van der Waals surface area contributed by atoms with Crippen molar-refractivity contribution in [2.24, 2.45) is 5.92 Å². The molecule has 3 heterocycles. The Morgan fingerprint density at radius 3 is 3.00 bits per heavy atom. The molecule has 2 unspecified atom stereocenters. The van der Waals surface area contributed by atoms with E-state index in [0.29, 0.717) is 23.5 Å². The lowest BCUT2D eigenvalue weighted by Gasteiger charge is -2.26. The van der Waals surface area contributed by atoms with Gasteiger partial charge in [0.05, 0.1) is 12.2 Å². The quantitative estimate of drug-likeness (QED) is 0.736. The van der Waals surface area contributed by atoms with E-state index in [1.165, 1.54) is 0 Å². The molecule has 0 bridgehead atoms. The maximum absolute atomic E-state index is 11.5. The van der Waals surface area contributed by atoms with Crippen LogP contribution in [0.15, 0.2) is 12.7 Å². The number of aromatic nitrogens is 6. The summed E-state index contributed by atoms with van der Waals surface area (Å²) >= 11 is 0. The number of carboxylic acid groups (broad SMARTS) is 1. The largest absolute Gasteiger partial charge is 0.481 e. The first-order valence-electron chi connectivity index (χ1n) is 7.01. The number of rotatable bonds is 2. The van der Waals surface area contributed by atoms with Crippen molar-refractivity contribution in [2.75, 3.05) is 0 Å². The summed E-state index contributed by atoms with van der Waals surface area (Å²) in [5, 5.41) is 17.9. The summed E-state index contributed by atoms with van der Waals surface area (Å²) in [5.41, 5.74) is 1.95. The fourth-order valence-corrected chi connectivity index (χ4v) is 3.24. The zero-order chi connectivity index (χ0) is 14.4. The van der Waals surface area contributed by atoms with Crippen molar-refractivity contribution < 1.29 is 9.90 Å². The van der Waals surface area contributed by atoms with Crippen LogP contribution in [0.1, 0.15) is 37.4 Å². The van der Waals surface area contributed by atoms with Crippen LogP contribution >= 0.6 is 0 Å². The third-order valence-corrected chi connectivity index (χ3v) is 4.28. The van der Waals surface area contributed by atoms with E-state index in [0.717, 1.165) is 24.8 Å². The first kappa shape index (κ1) is 12.2. The molecule has 4 rings (SSSR count). The molecule has 0 spiro atoms. The topological polar surface area (TPSA) is 109 Å². The first-order valence-corrected chi connectivity index (χ1v) is 7.01. The van der Waals surface area contributed by atoms with E-state index >= 15 is 0 Å². The molecule has 1 fully saturated rings. The third-order valence-electron chi connectivity index (χ3n) is 4.28. The number of H-pyrrole nitrogens is 1. The minimum atomic E-state index is -0.757. The van der Waals surface area contributed by atoms with Gasteiger partial charge in [-0.2, -0.15) is 0 Å². The van der Waals surface area contributed by atoms with E-state index in [9.17, 15) is 9.90 Å². The number of fused-ring (bicyclic) bond motifs is 3. The maximum atomic E-state index is 11.5. The van der Waals surface area contributed by atoms with Crippen LogP contribution in [0.3, 0.4) is 0 Å². The Labute approximate surface area is 119 Å². The van der Waals surface area contributed by atoms with Gasteiger partial charge in [0.2, 0.25) is 0 Å². The predicted molar refractivity (Wildman–Crippen MR) is 72.8 cm³/mol. The summed E-state index contributed by atoms with van der Waals surface area (Å²) in [6.07, 6.45) is 6.66. The standard InChI is InChI=1S/C13H14N6O2/c20-13(21)8-4-2-1-3-7(8)11-17-18-12-9-10(15-5-14-9)16-6-19(11)12/h5-8H,1-4H2,(H,14,15)(H,20,21). The molecule has 0 radical (unpaired) electrons. The zero-order valence-corrected chi connectivity index (χ0v) is 11.2. The van der Waals surface area contributed by atoms with Gasteiger partial charge in [0.25, 0.3) is 0 Å². The molecule has 2 N–H and O–H groups in total. The van der Waals surface area contributed by atoms with E-state index in [1.807, 2.05) is 0 Å². The van der Waals surface area contributed by atoms with E-state index in [2.05, 4.69) is 25.1 Å². The van der Waals surface area contributed by atoms with Gasteiger partial charge in [-0.05, 0) is 12.8 Å². The highest BCUT2D eigenvalue weighted by Crippen LogP contribution is 2.37. The fraction of sp³-hybridized carbons (Fsp3) is 0.462. The summed E-state index contributed by atoms with van der Waals surface area (Å²) in [7, 11) is 0. The molecule has 0 amide bonds. The van der Waals surface area contributed by atoms with Crippen molar-refractivity contribution in [3.05, 3.63) is 18.5 Å². The number of aromatic amines is 1. The molecular formula is C13H14N6O2. The second kappa shape index (κ2) is 4.51. The lowest BCUT2D eigenvalue weighted by atomic mass is 9.79. The van der Waals surface area contributed by atoms with Crippen molar-refractivity contribution in [3.63, 3.8) is 0 Å². The second-order valence-corrected chi connectivity index (χ2v) is 5.43. The Bertz CT molecular complexity index is 822. The van der Waals surface area contributed by atoms with Crippen LogP contribution < -0.4 is 0 Å². The maximum Gasteiger partial charge on any atom is 0.307 e. The Morgan fingerprint density at radius 1 is 1.29 bits per heavy atom. The number of imidazole rings is 1. The van der Waals surface area contributed by atoms with E-state index in [4.69, 9.17) is 0 Å². The number of hydrogen-bond donors (Lipinski definition) is 2. The summed E-state index contributed by atoms with van der Waals surface area (Å²) in [6, 6.07) is 0. The smallest absolute Gasteiger partial charge is 0.307 e. The van der Waals surface area contributed by atoms with Crippen LogP contribution in [0.4, 0.5) is 0 Å². The van der Waals surface area contributed by atoms with Gasteiger partial charge in [-0.25, -0.2) is 9.97 Å². The zero-order valence-electron chi connectivity index (χ0n) is 11.2. The molecule has 1 aliphatic carbocycles. The lowest BCUT2D eigenvalue weighted by Crippen LogP contribution is -2.26. The Kier molecular flexibility index (Phi) is 2.63. The average molecular weight is 286 g/mol. The van der Waals surface area contributed by atoms with Gasteiger partial charge in [0.1, 0.15) is 17.7 Å². The minimum Gasteiger partial charge on any atom is -0.481 e. The average Bonchev–Trinajstić information content (AvgIpc) is 3.12. The molecule has 3 aromatic heterocycles. The van der Waals surface area contributed by atoms with Crippen molar-refractivity contribution in [1.82, 2.24) is 29.5 Å². The van der Waals surface area contributed by atoms with E-state index in [1.54, 1.807) is 17.1 Å². The molecule has 1 aliphatic rings. The molecule has 21 heavy (non-hydrogen) atoms. The normalized spacial score (nSPS) is 22.9. The summed E-state index contributed by atoms with van der Waals surface area (Å²) < 4.78 is 1.78. The van der Waals surface area contributed by atoms with Crippen LogP contribution in [-0.2, 0) is 4.79 Å². The van der Waals surface area contributed by atoms with Gasteiger partial charge in [0.15, 0.2) is 11.3 Å². The van der Waals surface area contributed by atoms with Crippen LogP contribution in [0.5, 0.6) is 0 Å². The molecule has 8 nitrogen and oxygen atoms in total. The van der Waals surface area contributed by atoms with Crippen molar-refractivity contribution in [3.8, 4) is 0 Å². The number of nitrogens with zero attached hydrogens (tertiary/aromatic N) is 5. The summed E-state index contributed by atoms with van der Waals surface area (Å²) in [4.78, 5) is 22.8. The van der Waals surface area contributed by atoms with E-state index in [-0.39, 0.29) is 5.92 Å². The van der Waals surface area contributed by atoms with Gasteiger partial charge in [-0.3, -0.25) is 9.20 Å². The third kappa shape index (κ3) is 1.78. The van der Waals surface area contributed by atoms with Crippen molar-refractivity contribution in [2.45, 2.75) is 31.6 Å². The molecule has 2 atom stereocenters. The molecule has 108 valence electrons. The second-order valence-electron chi connectivity index (χ2n) is 5.43. The predicted octanol–water partition coefficient (Wildman–Crippen LogP) is 1.36. The molecule has 0 aromatic carbocycles. The SMILES string of the molecule is O=C(O)C1CCCCC1c1nnc2c3[nH]cnc3ncn12. The highest BCUT2D eigenvalue weighted by Gasteiger charge is 2.35. The van der Waals surface area contributed by atoms with Gasteiger partial charge < -0.3 is 10.1 Å². The molecule has 0 saturated heterocycles. The number of carbonyl (C=O) groups is 1. The highest BCUT2D eigenvalue weighted by molar-refractivity contribution is 5.84. The Balaban J connectivity index is 1.87. The van der Waals surface area contributed by atoms with Gasteiger partial charge in [-0.15, -0.1) is 10.2 Å². The first-order chi connectivity index (χ1) is 10.3. The van der Waals surface area contributed by atoms with Gasteiger partial charge in [0, 0.05) is 5.92 Å². The monoisotopic (exact) mass is 286 g/mol. The van der Waals surface area contributed by atoms with Crippen LogP contribution in [-0.4, -0.2) is 40.6 Å². The molecule has 0 aliphatic heterocycles. The van der Waals surface area contributed by atoms with Crippen molar-refractivity contribution >= 4 is 22.8 Å². The number of hydrogen-bond acceptors (Lipinski definition) is 5. The summed E-state index contributed by atoms with van der Waals surface area (Å²) in [6.45, 7) is 0. The number of aliphatic carboxylic acids is 1. The highest BCUT2D eigenvalue weighted by atomic mass is 16.4. The Morgan fingerprint density at radius 2 is 2.14 bits per heavy atom. The lowest BCUT2D eigenvalue weighted by molar-refractivity contribution is -0.143. The molecule has 3 aromatic rings. The molecule has 1 saturated carbocycles.